The molecule has 2 rings (SSSR count). The molecule has 1 aromatic rings. The van der Waals surface area contributed by atoms with Crippen LogP contribution in [-0.4, -0.2) is 69.5 Å². The summed E-state index contributed by atoms with van der Waals surface area (Å²) < 4.78 is 61.7. The van der Waals surface area contributed by atoms with Crippen molar-refractivity contribution in [3.63, 3.8) is 0 Å². The van der Waals surface area contributed by atoms with E-state index in [-0.39, 0.29) is 38.0 Å². The molecule has 0 saturated carbocycles. The molecule has 1 fully saturated rings. The Balaban J connectivity index is 1.93. The molecule has 0 aromatic heterocycles. The number of nitrogens with zero attached hydrogens (tertiary/aromatic N) is 3. The predicted molar refractivity (Wildman–Crippen MR) is 113 cm³/mol. The maximum atomic E-state index is 12.7. The third-order valence-electron chi connectivity index (χ3n) is 5.11. The second-order valence-corrected chi connectivity index (χ2v) is 9.21. The summed E-state index contributed by atoms with van der Waals surface area (Å²) in [6.07, 6.45) is 0.554. The van der Waals surface area contributed by atoms with Gasteiger partial charge in [-0.3, -0.25) is 4.99 Å². The van der Waals surface area contributed by atoms with Crippen LogP contribution in [0.4, 0.5) is 18.9 Å². The zero-order chi connectivity index (χ0) is 22.4. The van der Waals surface area contributed by atoms with Crippen LogP contribution in [0.25, 0.3) is 0 Å². The molecule has 1 aliphatic rings. The lowest BCUT2D eigenvalue weighted by Gasteiger charge is -2.32. The van der Waals surface area contributed by atoms with Crippen molar-refractivity contribution < 1.29 is 21.6 Å². The number of rotatable bonds is 7. The zero-order valence-electron chi connectivity index (χ0n) is 17.5. The number of para-hydroxylation sites is 1. The number of guanidine groups is 1. The molecule has 0 bridgehead atoms. The van der Waals surface area contributed by atoms with Crippen molar-refractivity contribution in [3.8, 4) is 0 Å². The van der Waals surface area contributed by atoms with Gasteiger partial charge in [-0.05, 0) is 38.8 Å². The number of benzene rings is 1. The third-order valence-corrected chi connectivity index (χ3v) is 6.74. The highest BCUT2D eigenvalue weighted by atomic mass is 32.2. The van der Waals surface area contributed by atoms with Crippen molar-refractivity contribution in [2.45, 2.75) is 44.3 Å². The van der Waals surface area contributed by atoms with Crippen molar-refractivity contribution in [1.82, 2.24) is 14.9 Å². The highest BCUT2D eigenvalue weighted by Gasteiger charge is 2.50. The summed E-state index contributed by atoms with van der Waals surface area (Å²) in [6, 6.07) is 9.92. The van der Waals surface area contributed by atoms with Gasteiger partial charge in [-0.25, -0.2) is 8.42 Å². The van der Waals surface area contributed by atoms with Crippen LogP contribution in [0.15, 0.2) is 35.3 Å². The minimum absolute atomic E-state index is 0.127. The van der Waals surface area contributed by atoms with Gasteiger partial charge in [0.25, 0.3) is 0 Å². The molecule has 30 heavy (non-hydrogen) atoms. The minimum atomic E-state index is -5.26. The number of piperidine rings is 1. The van der Waals surface area contributed by atoms with Gasteiger partial charge in [0.15, 0.2) is 5.96 Å². The topological polar surface area (TPSA) is 77.0 Å². The van der Waals surface area contributed by atoms with Crippen LogP contribution in [-0.2, 0) is 10.0 Å². The first-order chi connectivity index (χ1) is 14.1. The number of aliphatic imine (C=N–C) groups is 1. The molecule has 7 nitrogen and oxygen atoms in total. The van der Waals surface area contributed by atoms with Gasteiger partial charge in [-0.2, -0.15) is 17.5 Å². The van der Waals surface area contributed by atoms with Crippen LogP contribution in [0.5, 0.6) is 0 Å². The van der Waals surface area contributed by atoms with Crippen molar-refractivity contribution in [3.05, 3.63) is 30.3 Å². The van der Waals surface area contributed by atoms with E-state index in [9.17, 15) is 21.6 Å². The Kier molecular flexibility index (Phi) is 8.36. The molecule has 11 heteroatoms. The Labute approximate surface area is 176 Å². The molecule has 1 aromatic carbocycles. The summed E-state index contributed by atoms with van der Waals surface area (Å²) in [5, 5.41) is 6.36. The first-order valence-electron chi connectivity index (χ1n) is 9.95. The molecule has 1 heterocycles. The lowest BCUT2D eigenvalue weighted by molar-refractivity contribution is -0.0494. The highest BCUT2D eigenvalue weighted by molar-refractivity contribution is 7.90. The van der Waals surface area contributed by atoms with Crippen LogP contribution >= 0.6 is 0 Å². The molecule has 1 saturated heterocycles. The highest BCUT2D eigenvalue weighted by Crippen LogP contribution is 2.28. The first kappa shape index (κ1) is 24.3. The summed E-state index contributed by atoms with van der Waals surface area (Å²) in [5.41, 5.74) is -4.18. The van der Waals surface area contributed by atoms with Gasteiger partial charge in [-0.15, -0.1) is 0 Å². The third kappa shape index (κ3) is 6.24. The molecular formula is C19H30F3N5O2S. The molecule has 170 valence electrons. The van der Waals surface area contributed by atoms with Crippen molar-refractivity contribution in [2.75, 3.05) is 38.1 Å². The Hall–Kier alpha value is -2.01. The summed E-state index contributed by atoms with van der Waals surface area (Å²) in [5.74, 6) is 0.572. The smallest absolute Gasteiger partial charge is 0.370 e. The summed E-state index contributed by atoms with van der Waals surface area (Å²) in [7, 11) is -3.27. The Morgan fingerprint density at radius 3 is 2.40 bits per heavy atom. The molecule has 1 atom stereocenters. The lowest BCUT2D eigenvalue weighted by atomic mass is 10.1. The average molecular weight is 450 g/mol. The van der Waals surface area contributed by atoms with E-state index >= 15 is 0 Å². The maximum absolute atomic E-state index is 12.7. The van der Waals surface area contributed by atoms with Crippen molar-refractivity contribution in [1.29, 1.82) is 0 Å². The predicted octanol–water partition coefficient (Wildman–Crippen LogP) is 2.38. The van der Waals surface area contributed by atoms with Crippen LogP contribution in [0.3, 0.4) is 0 Å². The van der Waals surface area contributed by atoms with Gasteiger partial charge < -0.3 is 15.5 Å². The van der Waals surface area contributed by atoms with Gasteiger partial charge in [0.2, 0.25) is 0 Å². The van der Waals surface area contributed by atoms with Crippen LogP contribution in [0.1, 0.15) is 26.7 Å². The SMILES string of the molecule is CCNC(=NCC(C)N(C)c1ccccc1)NC1CCN(S(=O)(=O)C(F)(F)F)CC1. The minimum Gasteiger partial charge on any atom is -0.370 e. The summed E-state index contributed by atoms with van der Waals surface area (Å²) >= 11 is 0. The quantitative estimate of drug-likeness (QED) is 0.494. The second kappa shape index (κ2) is 10.3. The van der Waals surface area contributed by atoms with Gasteiger partial charge in [0.1, 0.15) is 0 Å². The fourth-order valence-electron chi connectivity index (χ4n) is 3.16. The second-order valence-electron chi connectivity index (χ2n) is 7.28. The van der Waals surface area contributed by atoms with Crippen LogP contribution in [0, 0.1) is 0 Å². The van der Waals surface area contributed by atoms with Gasteiger partial charge in [-0.1, -0.05) is 18.2 Å². The monoisotopic (exact) mass is 449 g/mol. The molecule has 0 radical (unpaired) electrons. The fourth-order valence-corrected chi connectivity index (χ4v) is 4.15. The standard InChI is InChI=1S/C19H30F3N5O2S/c1-4-23-18(24-14-15(2)26(3)17-8-6-5-7-9-17)25-16-10-12-27(13-11-16)30(28,29)19(20,21)22/h5-9,15-16H,4,10-14H2,1-3H3,(H2,23,24,25). The van der Waals surface area contributed by atoms with Gasteiger partial charge in [0.05, 0.1) is 6.54 Å². The van der Waals surface area contributed by atoms with E-state index < -0.39 is 15.5 Å². The van der Waals surface area contributed by atoms with Crippen LogP contribution < -0.4 is 15.5 Å². The van der Waals surface area contributed by atoms with Crippen molar-refractivity contribution >= 4 is 21.7 Å². The van der Waals surface area contributed by atoms with E-state index in [0.717, 1.165) is 5.69 Å². The van der Waals surface area contributed by atoms with E-state index in [1.54, 1.807) is 0 Å². The number of hydrogen-bond donors (Lipinski definition) is 2. The molecule has 1 unspecified atom stereocenters. The zero-order valence-corrected chi connectivity index (χ0v) is 18.3. The van der Waals surface area contributed by atoms with E-state index in [1.165, 1.54) is 0 Å². The molecule has 0 spiro atoms. The number of nitrogens with one attached hydrogen (secondary N) is 2. The van der Waals surface area contributed by atoms with Gasteiger partial charge >= 0.3 is 15.5 Å². The largest absolute Gasteiger partial charge is 0.511 e. The normalized spacial score (nSPS) is 18.1. The number of halogens is 3. The number of anilines is 1. The molecule has 0 aliphatic carbocycles. The number of likely N-dealkylation sites (N-methyl/N-ethyl adjacent to an activating group) is 1. The summed E-state index contributed by atoms with van der Waals surface area (Å²) in [4.78, 5) is 6.72. The van der Waals surface area contributed by atoms with E-state index in [1.807, 2.05) is 44.3 Å². The Morgan fingerprint density at radius 2 is 1.87 bits per heavy atom. The molecular weight excluding hydrogens is 419 g/mol. The van der Waals surface area contributed by atoms with E-state index in [4.69, 9.17) is 0 Å². The fraction of sp³-hybridized carbons (Fsp3) is 0.632. The Bertz CT molecular complexity index is 794. The maximum Gasteiger partial charge on any atom is 0.511 e. The lowest BCUT2D eigenvalue weighted by Crippen LogP contribution is -2.51. The number of sulfonamides is 1. The number of alkyl halides is 3. The van der Waals surface area contributed by atoms with Crippen LogP contribution in [0.2, 0.25) is 0 Å². The molecule has 2 N–H and O–H groups in total. The molecule has 0 amide bonds. The van der Waals surface area contributed by atoms with E-state index in [2.05, 4.69) is 27.4 Å². The summed E-state index contributed by atoms with van der Waals surface area (Å²) in [6.45, 7) is 4.78. The van der Waals surface area contributed by atoms with Crippen molar-refractivity contribution in [2.24, 2.45) is 4.99 Å². The van der Waals surface area contributed by atoms with Gasteiger partial charge in [0, 0.05) is 44.5 Å². The molecule has 1 aliphatic heterocycles. The first-order valence-corrected chi connectivity index (χ1v) is 11.4. The van der Waals surface area contributed by atoms with E-state index in [0.29, 0.717) is 23.4 Å². The Morgan fingerprint density at radius 1 is 1.27 bits per heavy atom. The average Bonchev–Trinajstić information content (AvgIpc) is 2.71. The number of hydrogen-bond acceptors (Lipinski definition) is 4.